The van der Waals surface area contributed by atoms with E-state index in [-0.39, 0.29) is 0 Å². The molecule has 0 radical (unpaired) electrons. The fourth-order valence-electron chi connectivity index (χ4n) is 3.05. The van der Waals surface area contributed by atoms with Crippen molar-refractivity contribution in [2.75, 3.05) is 0 Å². The molecule has 0 aliphatic heterocycles. The minimum Gasteiger partial charge on any atom is -0.438 e. The molecule has 4 aromatic rings. The molecule has 0 saturated heterocycles. The maximum atomic E-state index is 6.17. The van der Waals surface area contributed by atoms with Gasteiger partial charge in [0.05, 0.1) is 10.9 Å². The van der Waals surface area contributed by atoms with E-state index in [1.807, 2.05) is 66.7 Å². The lowest BCUT2D eigenvalue weighted by molar-refractivity contribution is 0.468. The third kappa shape index (κ3) is 3.68. The molecule has 0 N–H and O–H groups in total. The SMILES string of the molecule is CC[C@@H](C)c1ccc(Oc2nc(-c3ccccc3)nc3ccccc23)cc1. The van der Waals surface area contributed by atoms with Crippen LogP contribution in [0, 0.1) is 0 Å². The van der Waals surface area contributed by atoms with Gasteiger partial charge in [0.15, 0.2) is 5.82 Å². The molecule has 0 fully saturated rings. The van der Waals surface area contributed by atoms with Gasteiger partial charge in [0, 0.05) is 5.56 Å². The van der Waals surface area contributed by atoms with Crippen LogP contribution in [0.4, 0.5) is 0 Å². The molecule has 0 spiro atoms. The van der Waals surface area contributed by atoms with Crippen molar-refractivity contribution in [3.05, 3.63) is 84.4 Å². The molecule has 3 nitrogen and oxygen atoms in total. The highest BCUT2D eigenvalue weighted by Gasteiger charge is 2.11. The van der Waals surface area contributed by atoms with Crippen molar-refractivity contribution in [3.63, 3.8) is 0 Å². The lowest BCUT2D eigenvalue weighted by Gasteiger charge is -2.12. The fraction of sp³-hybridized carbons (Fsp3) is 0.167. The Kier molecular flexibility index (Phi) is 4.84. The van der Waals surface area contributed by atoms with Gasteiger partial charge in [0.25, 0.3) is 0 Å². The zero-order valence-electron chi connectivity index (χ0n) is 15.6. The Morgan fingerprint density at radius 1 is 0.815 bits per heavy atom. The summed E-state index contributed by atoms with van der Waals surface area (Å²) in [6, 6.07) is 26.2. The Bertz CT molecular complexity index is 1040. The highest BCUT2D eigenvalue weighted by Crippen LogP contribution is 2.31. The zero-order valence-corrected chi connectivity index (χ0v) is 15.6. The first-order valence-electron chi connectivity index (χ1n) is 9.34. The van der Waals surface area contributed by atoms with Gasteiger partial charge in [-0.1, -0.05) is 68.4 Å². The molecular weight excluding hydrogens is 332 g/mol. The second-order valence-corrected chi connectivity index (χ2v) is 6.72. The van der Waals surface area contributed by atoms with Gasteiger partial charge in [0.1, 0.15) is 5.75 Å². The average Bonchev–Trinajstić information content (AvgIpc) is 2.74. The van der Waals surface area contributed by atoms with Gasteiger partial charge in [-0.15, -0.1) is 0 Å². The molecule has 0 bridgehead atoms. The Hall–Kier alpha value is -3.20. The third-order valence-electron chi connectivity index (χ3n) is 4.88. The normalized spacial score (nSPS) is 12.1. The zero-order chi connectivity index (χ0) is 18.6. The number of hydrogen-bond donors (Lipinski definition) is 0. The van der Waals surface area contributed by atoms with Crippen LogP contribution < -0.4 is 4.74 Å². The first-order chi connectivity index (χ1) is 13.2. The number of nitrogens with zero attached hydrogens (tertiary/aromatic N) is 2. The minimum atomic E-state index is 0.545. The molecule has 1 aromatic heterocycles. The van der Waals surface area contributed by atoms with Gasteiger partial charge in [-0.3, -0.25) is 0 Å². The van der Waals surface area contributed by atoms with Gasteiger partial charge in [-0.25, -0.2) is 4.98 Å². The van der Waals surface area contributed by atoms with E-state index in [1.165, 1.54) is 5.56 Å². The van der Waals surface area contributed by atoms with E-state index < -0.39 is 0 Å². The van der Waals surface area contributed by atoms with E-state index in [2.05, 4.69) is 26.0 Å². The summed E-state index contributed by atoms with van der Waals surface area (Å²) in [5.41, 5.74) is 3.17. The predicted octanol–water partition coefficient (Wildman–Crippen LogP) is 6.60. The summed E-state index contributed by atoms with van der Waals surface area (Å²) >= 11 is 0. The van der Waals surface area contributed by atoms with Crippen LogP contribution >= 0.6 is 0 Å². The van der Waals surface area contributed by atoms with Gasteiger partial charge in [-0.2, -0.15) is 4.98 Å². The van der Waals surface area contributed by atoms with Crippen LogP contribution in [0.5, 0.6) is 11.6 Å². The highest BCUT2D eigenvalue weighted by molar-refractivity contribution is 5.85. The lowest BCUT2D eigenvalue weighted by atomic mass is 9.99. The quantitative estimate of drug-likeness (QED) is 0.405. The van der Waals surface area contributed by atoms with Crippen LogP contribution in [-0.4, -0.2) is 9.97 Å². The molecule has 1 heterocycles. The smallest absolute Gasteiger partial charge is 0.230 e. The van der Waals surface area contributed by atoms with Gasteiger partial charge in [0.2, 0.25) is 5.88 Å². The van der Waals surface area contributed by atoms with E-state index in [9.17, 15) is 0 Å². The van der Waals surface area contributed by atoms with Crippen LogP contribution in [0.15, 0.2) is 78.9 Å². The molecule has 3 aromatic carbocycles. The summed E-state index contributed by atoms with van der Waals surface area (Å²) in [5, 5.41) is 0.906. The fourth-order valence-corrected chi connectivity index (χ4v) is 3.05. The first kappa shape index (κ1) is 17.2. The van der Waals surface area contributed by atoms with E-state index in [1.54, 1.807) is 0 Å². The number of ether oxygens (including phenoxy) is 1. The monoisotopic (exact) mass is 354 g/mol. The van der Waals surface area contributed by atoms with E-state index in [0.717, 1.165) is 28.6 Å². The predicted molar refractivity (Wildman–Crippen MR) is 110 cm³/mol. The average molecular weight is 354 g/mol. The van der Waals surface area contributed by atoms with Gasteiger partial charge >= 0.3 is 0 Å². The molecule has 3 heteroatoms. The van der Waals surface area contributed by atoms with E-state index >= 15 is 0 Å². The van der Waals surface area contributed by atoms with E-state index in [0.29, 0.717) is 17.6 Å². The second kappa shape index (κ2) is 7.58. The van der Waals surface area contributed by atoms with Crippen molar-refractivity contribution in [2.24, 2.45) is 0 Å². The molecule has 4 rings (SSSR count). The molecule has 0 aliphatic rings. The summed E-state index contributed by atoms with van der Waals surface area (Å²) in [5.74, 6) is 2.57. The molecule has 0 amide bonds. The summed E-state index contributed by atoms with van der Waals surface area (Å²) in [6.07, 6.45) is 1.12. The van der Waals surface area contributed by atoms with Crippen LogP contribution in [0.1, 0.15) is 31.7 Å². The molecule has 0 saturated carbocycles. The van der Waals surface area contributed by atoms with Crippen molar-refractivity contribution in [1.29, 1.82) is 0 Å². The largest absolute Gasteiger partial charge is 0.438 e. The molecule has 1 atom stereocenters. The van der Waals surface area contributed by atoms with Crippen LogP contribution in [0.25, 0.3) is 22.3 Å². The highest BCUT2D eigenvalue weighted by atomic mass is 16.5. The molecule has 27 heavy (non-hydrogen) atoms. The van der Waals surface area contributed by atoms with Gasteiger partial charge < -0.3 is 4.74 Å². The van der Waals surface area contributed by atoms with E-state index in [4.69, 9.17) is 14.7 Å². The van der Waals surface area contributed by atoms with Gasteiger partial charge in [-0.05, 0) is 42.2 Å². The van der Waals surface area contributed by atoms with Crippen LogP contribution in [0.2, 0.25) is 0 Å². The van der Waals surface area contributed by atoms with Crippen LogP contribution in [0.3, 0.4) is 0 Å². The standard InChI is InChI=1S/C24H22N2O/c1-3-17(2)18-13-15-20(16-14-18)27-24-21-11-7-8-12-22(21)25-23(26-24)19-9-5-4-6-10-19/h4-17H,3H2,1-2H3/t17-/m1/s1. The van der Waals surface area contributed by atoms with Crippen molar-refractivity contribution in [2.45, 2.75) is 26.2 Å². The molecule has 0 unspecified atom stereocenters. The Balaban J connectivity index is 1.74. The third-order valence-corrected chi connectivity index (χ3v) is 4.88. The summed E-state index contributed by atoms with van der Waals surface area (Å²) in [4.78, 5) is 9.41. The maximum Gasteiger partial charge on any atom is 0.230 e. The topological polar surface area (TPSA) is 35.0 Å². The van der Waals surface area contributed by atoms with Crippen molar-refractivity contribution in [3.8, 4) is 23.0 Å². The lowest BCUT2D eigenvalue weighted by Crippen LogP contribution is -1.96. The molecular formula is C24H22N2O. The Morgan fingerprint density at radius 2 is 1.52 bits per heavy atom. The minimum absolute atomic E-state index is 0.545. The summed E-state index contributed by atoms with van der Waals surface area (Å²) in [6.45, 7) is 4.44. The number of benzene rings is 3. The maximum absolute atomic E-state index is 6.17. The Labute approximate surface area is 159 Å². The summed E-state index contributed by atoms with van der Waals surface area (Å²) < 4.78 is 6.17. The number of para-hydroxylation sites is 1. The number of aromatic nitrogens is 2. The van der Waals surface area contributed by atoms with Crippen molar-refractivity contribution < 1.29 is 4.74 Å². The number of fused-ring (bicyclic) bond motifs is 1. The van der Waals surface area contributed by atoms with Crippen LogP contribution in [-0.2, 0) is 0 Å². The Morgan fingerprint density at radius 3 is 2.26 bits per heavy atom. The van der Waals surface area contributed by atoms with Crippen molar-refractivity contribution >= 4 is 10.9 Å². The summed E-state index contributed by atoms with van der Waals surface area (Å²) in [7, 11) is 0. The molecule has 0 aliphatic carbocycles. The van der Waals surface area contributed by atoms with Crippen molar-refractivity contribution in [1.82, 2.24) is 9.97 Å². The second-order valence-electron chi connectivity index (χ2n) is 6.72. The first-order valence-corrected chi connectivity index (χ1v) is 9.34. The molecule has 134 valence electrons. The number of rotatable bonds is 5. The number of hydrogen-bond acceptors (Lipinski definition) is 3.